The van der Waals surface area contributed by atoms with Crippen LogP contribution in [0.25, 0.3) is 0 Å². The van der Waals surface area contributed by atoms with Crippen LogP contribution in [-0.4, -0.2) is 11.5 Å². The highest BCUT2D eigenvalue weighted by atomic mass is 16.6. The van der Waals surface area contributed by atoms with Gasteiger partial charge < -0.3 is 10.5 Å². The maximum absolute atomic E-state index is 10.8. The fourth-order valence-corrected chi connectivity index (χ4v) is 1.36. The van der Waals surface area contributed by atoms with Crippen LogP contribution in [0.1, 0.15) is 25.8 Å². The minimum atomic E-state index is -0.439. The standard InChI is InChI=1S/C12H18N2O3/c1-9(2)5-6-17-12-7-10(8-13)3-4-11(12)14(15)16/h3-4,7,9H,5-6,8,13H2,1-2H3. The Balaban J connectivity index is 2.82. The Labute approximate surface area is 101 Å². The molecule has 0 aliphatic carbocycles. The predicted octanol–water partition coefficient (Wildman–Crippen LogP) is 2.48. The highest BCUT2D eigenvalue weighted by Gasteiger charge is 2.15. The van der Waals surface area contributed by atoms with Crippen LogP contribution in [-0.2, 0) is 6.54 Å². The number of nitrogens with zero attached hydrogens (tertiary/aromatic N) is 1. The smallest absolute Gasteiger partial charge is 0.310 e. The number of nitro benzene ring substituents is 1. The molecule has 0 saturated heterocycles. The van der Waals surface area contributed by atoms with Crippen molar-refractivity contribution in [3.63, 3.8) is 0 Å². The molecule has 1 rings (SSSR count). The lowest BCUT2D eigenvalue weighted by molar-refractivity contribution is -0.385. The van der Waals surface area contributed by atoms with E-state index in [1.54, 1.807) is 12.1 Å². The SMILES string of the molecule is CC(C)CCOc1cc(CN)ccc1[N+](=O)[O-]. The van der Waals surface area contributed by atoms with Gasteiger partial charge in [0.15, 0.2) is 5.75 Å². The van der Waals surface area contributed by atoms with Gasteiger partial charge >= 0.3 is 5.69 Å². The van der Waals surface area contributed by atoms with Crippen molar-refractivity contribution >= 4 is 5.69 Å². The first kappa shape index (κ1) is 13.4. The minimum Gasteiger partial charge on any atom is -0.487 e. The van der Waals surface area contributed by atoms with Gasteiger partial charge in [-0.15, -0.1) is 0 Å². The van der Waals surface area contributed by atoms with Crippen molar-refractivity contribution < 1.29 is 9.66 Å². The number of nitro groups is 1. The van der Waals surface area contributed by atoms with Gasteiger partial charge in [0, 0.05) is 12.6 Å². The Morgan fingerprint density at radius 3 is 2.71 bits per heavy atom. The molecule has 0 amide bonds. The average molecular weight is 238 g/mol. The van der Waals surface area contributed by atoms with Gasteiger partial charge in [0.25, 0.3) is 0 Å². The van der Waals surface area contributed by atoms with E-state index in [-0.39, 0.29) is 5.69 Å². The first-order valence-electron chi connectivity index (χ1n) is 5.64. The zero-order chi connectivity index (χ0) is 12.8. The van der Waals surface area contributed by atoms with Crippen LogP contribution in [0.3, 0.4) is 0 Å². The summed E-state index contributed by atoms with van der Waals surface area (Å²) in [4.78, 5) is 10.4. The Hall–Kier alpha value is -1.62. The molecule has 0 radical (unpaired) electrons. The second kappa shape index (κ2) is 6.20. The van der Waals surface area contributed by atoms with Crippen molar-refractivity contribution in [3.05, 3.63) is 33.9 Å². The van der Waals surface area contributed by atoms with E-state index < -0.39 is 4.92 Å². The van der Waals surface area contributed by atoms with E-state index in [0.29, 0.717) is 24.8 Å². The Kier molecular flexibility index (Phi) is 4.90. The number of nitrogens with two attached hydrogens (primary N) is 1. The molecule has 0 aromatic heterocycles. The van der Waals surface area contributed by atoms with Crippen LogP contribution in [0.5, 0.6) is 5.75 Å². The van der Waals surface area contributed by atoms with Gasteiger partial charge in [0.2, 0.25) is 0 Å². The summed E-state index contributed by atoms with van der Waals surface area (Å²) >= 11 is 0. The third-order valence-corrected chi connectivity index (χ3v) is 2.41. The number of hydrogen-bond acceptors (Lipinski definition) is 4. The summed E-state index contributed by atoms with van der Waals surface area (Å²) in [6.45, 7) is 4.98. The third kappa shape index (κ3) is 4.03. The fraction of sp³-hybridized carbons (Fsp3) is 0.500. The first-order valence-corrected chi connectivity index (χ1v) is 5.64. The molecule has 1 aromatic rings. The molecule has 0 fully saturated rings. The topological polar surface area (TPSA) is 78.4 Å². The van der Waals surface area contributed by atoms with Gasteiger partial charge in [0.05, 0.1) is 11.5 Å². The van der Waals surface area contributed by atoms with E-state index in [9.17, 15) is 10.1 Å². The average Bonchev–Trinajstić information content (AvgIpc) is 2.28. The second-order valence-electron chi connectivity index (χ2n) is 4.29. The van der Waals surface area contributed by atoms with Gasteiger partial charge in [-0.25, -0.2) is 0 Å². The molecular weight excluding hydrogens is 220 g/mol. The zero-order valence-electron chi connectivity index (χ0n) is 10.2. The first-order chi connectivity index (χ1) is 8.04. The van der Waals surface area contributed by atoms with Crippen LogP contribution in [0.4, 0.5) is 5.69 Å². The molecule has 0 atom stereocenters. The molecule has 0 heterocycles. The molecule has 0 bridgehead atoms. The van der Waals surface area contributed by atoms with Crippen molar-refractivity contribution in [2.24, 2.45) is 11.7 Å². The summed E-state index contributed by atoms with van der Waals surface area (Å²) in [6.07, 6.45) is 0.865. The van der Waals surface area contributed by atoms with Crippen LogP contribution < -0.4 is 10.5 Å². The van der Waals surface area contributed by atoms with Crippen LogP contribution in [0.2, 0.25) is 0 Å². The van der Waals surface area contributed by atoms with E-state index in [4.69, 9.17) is 10.5 Å². The molecule has 17 heavy (non-hydrogen) atoms. The van der Waals surface area contributed by atoms with Gasteiger partial charge in [-0.2, -0.15) is 0 Å². The van der Waals surface area contributed by atoms with Gasteiger partial charge in [-0.1, -0.05) is 19.9 Å². The Morgan fingerprint density at radius 1 is 1.47 bits per heavy atom. The molecule has 1 aromatic carbocycles. The van der Waals surface area contributed by atoms with E-state index in [1.165, 1.54) is 6.07 Å². The minimum absolute atomic E-state index is 0.00837. The van der Waals surface area contributed by atoms with E-state index in [0.717, 1.165) is 12.0 Å². The van der Waals surface area contributed by atoms with Crippen molar-refractivity contribution in [3.8, 4) is 5.75 Å². The monoisotopic (exact) mass is 238 g/mol. The molecule has 5 nitrogen and oxygen atoms in total. The summed E-state index contributed by atoms with van der Waals surface area (Å²) < 4.78 is 5.45. The lowest BCUT2D eigenvalue weighted by Crippen LogP contribution is -2.05. The molecule has 0 aliphatic rings. The van der Waals surface area contributed by atoms with Gasteiger partial charge in [-0.05, 0) is 24.0 Å². The van der Waals surface area contributed by atoms with Crippen LogP contribution in [0, 0.1) is 16.0 Å². The molecule has 0 saturated carbocycles. The lowest BCUT2D eigenvalue weighted by Gasteiger charge is -2.09. The summed E-state index contributed by atoms with van der Waals surface area (Å²) in [5.74, 6) is 0.811. The highest BCUT2D eigenvalue weighted by Crippen LogP contribution is 2.28. The van der Waals surface area contributed by atoms with Crippen molar-refractivity contribution in [1.29, 1.82) is 0 Å². The zero-order valence-corrected chi connectivity index (χ0v) is 10.2. The predicted molar refractivity (Wildman–Crippen MR) is 65.9 cm³/mol. The number of ether oxygens (including phenoxy) is 1. The molecular formula is C12H18N2O3. The largest absolute Gasteiger partial charge is 0.487 e. The normalized spacial score (nSPS) is 10.6. The molecule has 94 valence electrons. The van der Waals surface area contributed by atoms with Gasteiger partial charge in [0.1, 0.15) is 0 Å². The second-order valence-corrected chi connectivity index (χ2v) is 4.29. The quantitative estimate of drug-likeness (QED) is 0.610. The molecule has 0 spiro atoms. The number of rotatable bonds is 6. The van der Waals surface area contributed by atoms with Crippen molar-refractivity contribution in [2.75, 3.05) is 6.61 Å². The Morgan fingerprint density at radius 2 is 2.18 bits per heavy atom. The van der Waals surface area contributed by atoms with Gasteiger partial charge in [-0.3, -0.25) is 10.1 Å². The molecule has 2 N–H and O–H groups in total. The van der Waals surface area contributed by atoms with Crippen LogP contribution in [0.15, 0.2) is 18.2 Å². The van der Waals surface area contributed by atoms with E-state index >= 15 is 0 Å². The van der Waals surface area contributed by atoms with E-state index in [1.807, 2.05) is 0 Å². The highest BCUT2D eigenvalue weighted by molar-refractivity contribution is 5.48. The Bertz CT molecular complexity index is 391. The summed E-state index contributed by atoms with van der Waals surface area (Å²) in [6, 6.07) is 4.72. The summed E-state index contributed by atoms with van der Waals surface area (Å²) in [5.41, 5.74) is 6.32. The van der Waals surface area contributed by atoms with Crippen molar-refractivity contribution in [1.82, 2.24) is 0 Å². The molecule has 0 aliphatic heterocycles. The lowest BCUT2D eigenvalue weighted by atomic mass is 10.1. The van der Waals surface area contributed by atoms with Crippen LogP contribution >= 0.6 is 0 Å². The van der Waals surface area contributed by atoms with Crippen molar-refractivity contribution in [2.45, 2.75) is 26.8 Å². The summed E-state index contributed by atoms with van der Waals surface area (Å²) in [5, 5.41) is 10.8. The fourth-order valence-electron chi connectivity index (χ4n) is 1.36. The summed E-state index contributed by atoms with van der Waals surface area (Å²) in [7, 11) is 0. The molecule has 5 heteroatoms. The van der Waals surface area contributed by atoms with E-state index in [2.05, 4.69) is 13.8 Å². The number of benzene rings is 1. The maximum atomic E-state index is 10.8. The maximum Gasteiger partial charge on any atom is 0.310 e. The third-order valence-electron chi connectivity index (χ3n) is 2.41. The number of hydrogen-bond donors (Lipinski definition) is 1. The molecule has 0 unspecified atom stereocenters.